The van der Waals surface area contributed by atoms with Gasteiger partial charge in [-0.3, -0.25) is 9.59 Å². The lowest BCUT2D eigenvalue weighted by Gasteiger charge is -2.15. The van der Waals surface area contributed by atoms with E-state index in [1.807, 2.05) is 48.7 Å². The van der Waals surface area contributed by atoms with Gasteiger partial charge >= 0.3 is 0 Å². The molecule has 5 aromatic rings. The van der Waals surface area contributed by atoms with Crippen LogP contribution in [-0.4, -0.2) is 21.4 Å². The van der Waals surface area contributed by atoms with E-state index < -0.39 is 0 Å². The van der Waals surface area contributed by atoms with Crippen molar-refractivity contribution in [3.05, 3.63) is 102 Å². The molecular weight excluding hydrogens is 422 g/mol. The number of aromatic nitrogens is 2. The third-order valence-corrected chi connectivity index (χ3v) is 7.05. The highest BCUT2D eigenvalue weighted by Crippen LogP contribution is 2.43. The number of nitrogens with one attached hydrogen (secondary N) is 1. The molecule has 34 heavy (non-hydrogen) atoms. The van der Waals surface area contributed by atoms with Crippen LogP contribution in [0.5, 0.6) is 0 Å². The zero-order chi connectivity index (χ0) is 22.8. The van der Waals surface area contributed by atoms with E-state index in [0.29, 0.717) is 16.8 Å². The number of carbonyl (C=O) groups is 2. The topological polar surface area (TPSA) is 58.1 Å². The number of nitrogens with zero attached hydrogens (tertiary/aromatic N) is 2. The fraction of sp³-hybridized carbons (Fsp3) is 0.103. The normalized spacial score (nSPS) is 15.8. The quantitative estimate of drug-likeness (QED) is 0.372. The number of fused-ring (bicyclic) bond motifs is 1. The van der Waals surface area contributed by atoms with Crippen molar-refractivity contribution < 1.29 is 9.59 Å². The summed E-state index contributed by atoms with van der Waals surface area (Å²) in [5.74, 6) is -0.567. The van der Waals surface area contributed by atoms with Gasteiger partial charge in [0.1, 0.15) is 0 Å². The smallest absolute Gasteiger partial charge is 0.266 e. The first-order chi connectivity index (χ1) is 16.7. The van der Waals surface area contributed by atoms with Crippen LogP contribution in [0, 0.1) is 0 Å². The lowest BCUT2D eigenvalue weighted by atomic mass is 9.94. The van der Waals surface area contributed by atoms with E-state index in [1.54, 1.807) is 12.1 Å². The number of anilines is 1. The summed E-state index contributed by atoms with van der Waals surface area (Å²) in [6, 6.07) is 23.4. The van der Waals surface area contributed by atoms with E-state index in [0.717, 1.165) is 46.8 Å². The van der Waals surface area contributed by atoms with Gasteiger partial charge in [0.25, 0.3) is 11.8 Å². The second kappa shape index (κ2) is 7.06. The molecule has 0 radical (unpaired) electrons. The Morgan fingerprint density at radius 3 is 2.32 bits per heavy atom. The third-order valence-electron chi connectivity index (χ3n) is 7.05. The van der Waals surface area contributed by atoms with Gasteiger partial charge in [0.15, 0.2) is 0 Å². The van der Waals surface area contributed by atoms with Crippen LogP contribution in [0.2, 0.25) is 0 Å². The van der Waals surface area contributed by atoms with Gasteiger partial charge in [0.2, 0.25) is 0 Å². The Kier molecular flexibility index (Phi) is 3.97. The molecule has 5 heteroatoms. The second-order valence-electron chi connectivity index (χ2n) is 8.93. The van der Waals surface area contributed by atoms with Crippen molar-refractivity contribution in [1.29, 1.82) is 0 Å². The van der Waals surface area contributed by atoms with Gasteiger partial charge in [-0.05, 0) is 36.6 Å². The summed E-state index contributed by atoms with van der Waals surface area (Å²) in [7, 11) is 0. The van der Waals surface area contributed by atoms with Crippen LogP contribution >= 0.6 is 0 Å². The number of amides is 2. The van der Waals surface area contributed by atoms with Gasteiger partial charge in [0, 0.05) is 46.4 Å². The highest BCUT2D eigenvalue weighted by molar-refractivity contribution is 6.58. The first kappa shape index (κ1) is 19.1. The Labute approximate surface area is 195 Å². The second-order valence-corrected chi connectivity index (χ2v) is 8.93. The molecule has 0 bridgehead atoms. The Hall–Kier alpha value is -4.38. The van der Waals surface area contributed by atoms with Crippen LogP contribution in [0.3, 0.4) is 0 Å². The Bertz CT molecular complexity index is 1670. The zero-order valence-electron chi connectivity index (χ0n) is 18.4. The predicted molar refractivity (Wildman–Crippen MR) is 134 cm³/mol. The summed E-state index contributed by atoms with van der Waals surface area (Å²) in [4.78, 5) is 32.6. The van der Waals surface area contributed by atoms with E-state index >= 15 is 0 Å². The molecule has 2 aromatic heterocycles. The van der Waals surface area contributed by atoms with Crippen molar-refractivity contribution in [2.24, 2.45) is 0 Å². The number of carbonyl (C=O) groups excluding carboxylic acids is 2. The van der Waals surface area contributed by atoms with E-state index in [2.05, 4.69) is 33.9 Å². The molecule has 0 spiro atoms. The van der Waals surface area contributed by atoms with Crippen LogP contribution in [0.25, 0.3) is 33.0 Å². The summed E-state index contributed by atoms with van der Waals surface area (Å²) in [6.07, 6.45) is 6.01. The molecule has 1 N–H and O–H groups in total. The molecule has 4 heterocycles. The third kappa shape index (κ3) is 2.55. The van der Waals surface area contributed by atoms with Gasteiger partial charge < -0.3 is 9.55 Å². The average molecular weight is 444 g/mol. The number of H-pyrrole nitrogens is 1. The van der Waals surface area contributed by atoms with E-state index in [1.165, 1.54) is 16.0 Å². The number of para-hydroxylation sites is 3. The van der Waals surface area contributed by atoms with Crippen molar-refractivity contribution in [1.82, 2.24) is 9.55 Å². The Balaban J connectivity index is 1.54. The molecule has 2 amide bonds. The summed E-state index contributed by atoms with van der Waals surface area (Å²) in [5, 5.41) is 1.96. The fourth-order valence-electron chi connectivity index (χ4n) is 5.57. The number of imide groups is 1. The van der Waals surface area contributed by atoms with Crippen molar-refractivity contribution in [3.63, 3.8) is 0 Å². The fourth-order valence-corrected chi connectivity index (χ4v) is 5.57. The predicted octanol–water partition coefficient (Wildman–Crippen LogP) is 5.55. The molecule has 164 valence electrons. The maximum absolute atomic E-state index is 14.0. The van der Waals surface area contributed by atoms with E-state index in [4.69, 9.17) is 0 Å². The molecule has 3 aromatic carbocycles. The minimum Gasteiger partial charge on any atom is -0.361 e. The van der Waals surface area contributed by atoms with Crippen LogP contribution in [0.4, 0.5) is 5.69 Å². The highest BCUT2D eigenvalue weighted by Gasteiger charge is 2.42. The van der Waals surface area contributed by atoms with Crippen LogP contribution in [-0.2, 0) is 22.6 Å². The van der Waals surface area contributed by atoms with Crippen molar-refractivity contribution in [3.8, 4) is 0 Å². The first-order valence-corrected chi connectivity index (χ1v) is 11.6. The summed E-state index contributed by atoms with van der Waals surface area (Å²) >= 11 is 0. The number of hydrogen-bond acceptors (Lipinski definition) is 2. The van der Waals surface area contributed by atoms with Gasteiger partial charge in [-0.1, -0.05) is 54.6 Å². The average Bonchev–Trinajstić information content (AvgIpc) is 3.53. The number of aromatic amines is 1. The maximum Gasteiger partial charge on any atom is 0.266 e. The molecule has 0 aliphatic carbocycles. The largest absolute Gasteiger partial charge is 0.361 e. The molecule has 2 aliphatic rings. The molecule has 7 rings (SSSR count). The SMILES string of the molecule is O=C1C(c2c[nH]c3ccccc23)=C(c2cn3c4c(cccc24)CCC3)C(=O)N1c1ccccc1. The van der Waals surface area contributed by atoms with E-state index in [-0.39, 0.29) is 11.8 Å². The van der Waals surface area contributed by atoms with Gasteiger partial charge in [-0.2, -0.15) is 0 Å². The molecule has 5 nitrogen and oxygen atoms in total. The van der Waals surface area contributed by atoms with Crippen LogP contribution < -0.4 is 4.90 Å². The molecule has 0 saturated heterocycles. The highest BCUT2D eigenvalue weighted by atomic mass is 16.2. The minimum atomic E-state index is -0.289. The number of rotatable bonds is 3. The standard InChI is InChI=1S/C29H21N3O2/c33-28-25(22-16-30-24-14-5-4-12-20(22)24)26(29(34)32(28)19-10-2-1-3-11-19)23-17-31-15-7-9-18-8-6-13-21(23)27(18)31/h1-6,8,10-14,16-17,30H,7,9,15H2. The van der Waals surface area contributed by atoms with Crippen LogP contribution in [0.1, 0.15) is 23.1 Å². The van der Waals surface area contributed by atoms with E-state index in [9.17, 15) is 9.59 Å². The van der Waals surface area contributed by atoms with Crippen molar-refractivity contribution in [2.45, 2.75) is 19.4 Å². The number of benzene rings is 3. The lowest BCUT2D eigenvalue weighted by Crippen LogP contribution is -2.31. The molecule has 0 unspecified atom stereocenters. The molecule has 0 fully saturated rings. The van der Waals surface area contributed by atoms with Gasteiger partial charge in [-0.25, -0.2) is 4.90 Å². The molecular formula is C29H21N3O2. The Morgan fingerprint density at radius 2 is 1.47 bits per heavy atom. The number of aryl methyl sites for hydroxylation is 2. The Morgan fingerprint density at radius 1 is 0.735 bits per heavy atom. The summed E-state index contributed by atoms with van der Waals surface area (Å²) in [6.45, 7) is 0.910. The maximum atomic E-state index is 14.0. The molecule has 0 atom stereocenters. The molecule has 0 saturated carbocycles. The summed E-state index contributed by atoms with van der Waals surface area (Å²) in [5.41, 5.74) is 6.50. The lowest BCUT2D eigenvalue weighted by molar-refractivity contribution is -0.119. The zero-order valence-corrected chi connectivity index (χ0v) is 18.4. The summed E-state index contributed by atoms with van der Waals surface area (Å²) < 4.78 is 2.24. The van der Waals surface area contributed by atoms with Gasteiger partial charge in [-0.15, -0.1) is 0 Å². The number of hydrogen-bond donors (Lipinski definition) is 1. The minimum absolute atomic E-state index is 0.278. The van der Waals surface area contributed by atoms with Crippen molar-refractivity contribution >= 4 is 50.5 Å². The van der Waals surface area contributed by atoms with Crippen LogP contribution in [0.15, 0.2) is 85.2 Å². The molecule has 2 aliphatic heterocycles. The first-order valence-electron chi connectivity index (χ1n) is 11.6. The van der Waals surface area contributed by atoms with Gasteiger partial charge in [0.05, 0.1) is 22.4 Å². The monoisotopic (exact) mass is 443 g/mol. The van der Waals surface area contributed by atoms with Crippen molar-refractivity contribution in [2.75, 3.05) is 4.90 Å².